The minimum absolute atomic E-state index is 0.0470. The maximum atomic E-state index is 9.22. The van der Waals surface area contributed by atoms with E-state index in [1.54, 1.807) is 11.8 Å². The minimum Gasteiger partial charge on any atom is -0.392 e. The molecule has 0 amide bonds. The molecular formula is C10H22O2S. The fraction of sp³-hybridized carbons (Fsp3) is 1.00. The lowest BCUT2D eigenvalue weighted by Crippen LogP contribution is -2.22. The number of thioether (sulfide) groups is 1. The first-order chi connectivity index (χ1) is 5.83. The van der Waals surface area contributed by atoms with Gasteiger partial charge in [-0.05, 0) is 27.7 Å². The van der Waals surface area contributed by atoms with E-state index < -0.39 is 0 Å². The van der Waals surface area contributed by atoms with Crippen LogP contribution in [0.1, 0.15) is 34.6 Å². The zero-order chi connectivity index (χ0) is 10.5. The molecule has 3 heteroatoms. The average molecular weight is 206 g/mol. The molecule has 0 rings (SSSR count). The van der Waals surface area contributed by atoms with Crippen molar-refractivity contribution >= 4 is 11.8 Å². The van der Waals surface area contributed by atoms with Crippen LogP contribution < -0.4 is 0 Å². The third kappa shape index (κ3) is 8.60. The number of aliphatic hydroxyl groups is 1. The summed E-state index contributed by atoms with van der Waals surface area (Å²) < 4.78 is 5.56. The highest BCUT2D eigenvalue weighted by Gasteiger charge is 2.11. The molecule has 0 bridgehead atoms. The molecule has 2 unspecified atom stereocenters. The van der Waals surface area contributed by atoms with Crippen LogP contribution in [0, 0.1) is 0 Å². The van der Waals surface area contributed by atoms with E-state index in [1.807, 2.05) is 13.8 Å². The molecule has 0 saturated heterocycles. The van der Waals surface area contributed by atoms with Crippen LogP contribution in [0.3, 0.4) is 0 Å². The molecule has 1 N–H and O–H groups in total. The smallest absolute Gasteiger partial charge is 0.0628 e. The van der Waals surface area contributed by atoms with Crippen LogP contribution in [0.4, 0.5) is 0 Å². The number of hydrogen-bond donors (Lipinski definition) is 1. The highest BCUT2D eigenvalue weighted by molar-refractivity contribution is 7.99. The highest BCUT2D eigenvalue weighted by atomic mass is 32.2. The summed E-state index contributed by atoms with van der Waals surface area (Å²) in [5.41, 5.74) is -0.0470. The van der Waals surface area contributed by atoms with E-state index in [0.29, 0.717) is 5.25 Å². The fourth-order valence-corrected chi connectivity index (χ4v) is 1.55. The van der Waals surface area contributed by atoms with Crippen molar-refractivity contribution in [2.45, 2.75) is 51.6 Å². The molecule has 0 aliphatic rings. The van der Waals surface area contributed by atoms with Crippen LogP contribution in [-0.2, 0) is 4.74 Å². The molecule has 0 saturated carbocycles. The second-order valence-electron chi connectivity index (χ2n) is 4.28. The first-order valence-corrected chi connectivity index (χ1v) is 5.81. The SMILES string of the molecule is CC(O)C(C)SCCOC(C)(C)C. The Kier molecular flexibility index (Phi) is 6.01. The normalized spacial score (nSPS) is 17.1. The first kappa shape index (κ1) is 13.3. The van der Waals surface area contributed by atoms with Gasteiger partial charge in [0, 0.05) is 11.0 Å². The molecule has 0 heterocycles. The molecule has 0 spiro atoms. The van der Waals surface area contributed by atoms with Gasteiger partial charge in [0.05, 0.1) is 18.3 Å². The molecular weight excluding hydrogens is 184 g/mol. The maximum absolute atomic E-state index is 9.22. The lowest BCUT2D eigenvalue weighted by atomic mass is 10.2. The van der Waals surface area contributed by atoms with Gasteiger partial charge < -0.3 is 9.84 Å². The quantitative estimate of drug-likeness (QED) is 0.700. The maximum Gasteiger partial charge on any atom is 0.0628 e. The zero-order valence-electron chi connectivity index (χ0n) is 9.33. The third-order valence-electron chi connectivity index (χ3n) is 1.68. The molecule has 2 atom stereocenters. The lowest BCUT2D eigenvalue weighted by Gasteiger charge is -2.20. The summed E-state index contributed by atoms with van der Waals surface area (Å²) in [5.74, 6) is 0.948. The van der Waals surface area contributed by atoms with Gasteiger partial charge in [0.25, 0.3) is 0 Å². The van der Waals surface area contributed by atoms with Crippen molar-refractivity contribution in [1.82, 2.24) is 0 Å². The fourth-order valence-electron chi connectivity index (χ4n) is 0.721. The molecule has 2 nitrogen and oxygen atoms in total. The summed E-state index contributed by atoms with van der Waals surface area (Å²) >= 11 is 1.75. The first-order valence-electron chi connectivity index (χ1n) is 4.76. The van der Waals surface area contributed by atoms with E-state index in [4.69, 9.17) is 4.74 Å². The van der Waals surface area contributed by atoms with Crippen molar-refractivity contribution < 1.29 is 9.84 Å². The zero-order valence-corrected chi connectivity index (χ0v) is 10.1. The Labute approximate surface area is 86.1 Å². The van der Waals surface area contributed by atoms with Crippen LogP contribution >= 0.6 is 11.8 Å². The largest absolute Gasteiger partial charge is 0.392 e. The van der Waals surface area contributed by atoms with Crippen molar-refractivity contribution in [2.75, 3.05) is 12.4 Å². The van der Waals surface area contributed by atoms with Crippen LogP contribution in [0.15, 0.2) is 0 Å². The Hall–Kier alpha value is 0.270. The van der Waals surface area contributed by atoms with Crippen LogP contribution in [0.5, 0.6) is 0 Å². The molecule has 0 aliphatic carbocycles. The van der Waals surface area contributed by atoms with Gasteiger partial charge in [-0.3, -0.25) is 0 Å². The summed E-state index contributed by atoms with van der Waals surface area (Å²) in [4.78, 5) is 0. The summed E-state index contributed by atoms with van der Waals surface area (Å²) in [5, 5.41) is 9.51. The van der Waals surface area contributed by atoms with Gasteiger partial charge in [-0.2, -0.15) is 11.8 Å². The van der Waals surface area contributed by atoms with Gasteiger partial charge in [0.2, 0.25) is 0 Å². The Bertz CT molecular complexity index is 129. The second kappa shape index (κ2) is 5.89. The molecule has 0 aromatic carbocycles. The van der Waals surface area contributed by atoms with Gasteiger partial charge in [-0.1, -0.05) is 6.92 Å². The van der Waals surface area contributed by atoms with Crippen LogP contribution in [-0.4, -0.2) is 34.4 Å². The van der Waals surface area contributed by atoms with Gasteiger partial charge >= 0.3 is 0 Å². The summed E-state index contributed by atoms with van der Waals surface area (Å²) in [6.07, 6.45) is -0.236. The van der Waals surface area contributed by atoms with Crippen molar-refractivity contribution in [2.24, 2.45) is 0 Å². The molecule has 0 aromatic rings. The minimum atomic E-state index is -0.236. The van der Waals surface area contributed by atoms with Crippen molar-refractivity contribution in [3.63, 3.8) is 0 Å². The molecule has 0 aromatic heterocycles. The predicted octanol–water partition coefficient (Wildman–Crippen LogP) is 2.30. The number of rotatable bonds is 5. The molecule has 0 fully saturated rings. The Morgan fingerprint density at radius 2 is 1.85 bits per heavy atom. The van der Waals surface area contributed by atoms with Crippen molar-refractivity contribution in [1.29, 1.82) is 0 Å². The van der Waals surface area contributed by atoms with Gasteiger partial charge in [0.1, 0.15) is 0 Å². The van der Waals surface area contributed by atoms with Gasteiger partial charge in [-0.15, -0.1) is 0 Å². The van der Waals surface area contributed by atoms with Gasteiger partial charge in [-0.25, -0.2) is 0 Å². The van der Waals surface area contributed by atoms with E-state index in [0.717, 1.165) is 12.4 Å². The van der Waals surface area contributed by atoms with E-state index >= 15 is 0 Å². The van der Waals surface area contributed by atoms with Crippen LogP contribution in [0.2, 0.25) is 0 Å². The molecule has 0 radical (unpaired) electrons. The summed E-state index contributed by atoms with van der Waals surface area (Å²) in [6.45, 7) is 10.8. The van der Waals surface area contributed by atoms with Gasteiger partial charge in [0.15, 0.2) is 0 Å². The van der Waals surface area contributed by atoms with Crippen molar-refractivity contribution in [3.05, 3.63) is 0 Å². The number of aliphatic hydroxyl groups excluding tert-OH is 1. The van der Waals surface area contributed by atoms with E-state index in [2.05, 4.69) is 20.8 Å². The molecule has 13 heavy (non-hydrogen) atoms. The molecule has 0 aliphatic heterocycles. The van der Waals surface area contributed by atoms with Crippen LogP contribution in [0.25, 0.3) is 0 Å². The van der Waals surface area contributed by atoms with Crippen molar-refractivity contribution in [3.8, 4) is 0 Å². The predicted molar refractivity (Wildman–Crippen MR) is 59.3 cm³/mol. The Balaban J connectivity index is 3.36. The topological polar surface area (TPSA) is 29.5 Å². The number of ether oxygens (including phenoxy) is 1. The monoisotopic (exact) mass is 206 g/mol. The standard InChI is InChI=1S/C10H22O2S/c1-8(11)9(2)13-7-6-12-10(3,4)5/h8-9,11H,6-7H2,1-5H3. The highest BCUT2D eigenvalue weighted by Crippen LogP contribution is 2.15. The second-order valence-corrected chi connectivity index (χ2v) is 5.76. The molecule has 80 valence electrons. The Morgan fingerprint density at radius 1 is 1.31 bits per heavy atom. The summed E-state index contributed by atoms with van der Waals surface area (Å²) in [6, 6.07) is 0. The van der Waals surface area contributed by atoms with E-state index in [-0.39, 0.29) is 11.7 Å². The number of hydrogen-bond acceptors (Lipinski definition) is 3. The average Bonchev–Trinajstić information content (AvgIpc) is 1.95. The lowest BCUT2D eigenvalue weighted by molar-refractivity contribution is 0.00688. The van der Waals surface area contributed by atoms with E-state index in [1.165, 1.54) is 0 Å². The van der Waals surface area contributed by atoms with E-state index in [9.17, 15) is 5.11 Å². The Morgan fingerprint density at radius 3 is 2.23 bits per heavy atom. The third-order valence-corrected chi connectivity index (χ3v) is 3.00. The summed E-state index contributed by atoms with van der Waals surface area (Å²) in [7, 11) is 0.